The fraction of sp³-hybridized carbons (Fsp3) is 0.333. The van der Waals surface area contributed by atoms with Crippen LogP contribution in [-0.4, -0.2) is 23.1 Å². The minimum atomic E-state index is 0.771. The molecule has 1 fully saturated rings. The lowest BCUT2D eigenvalue weighted by Gasteiger charge is -2.23. The Balaban J connectivity index is 1.84. The molecule has 1 aromatic carbocycles. The number of piperidine rings is 1. The number of nitrogens with zero attached hydrogens (tertiary/aromatic N) is 2. The van der Waals surface area contributed by atoms with Crippen molar-refractivity contribution in [3.05, 3.63) is 36.2 Å². The number of aromatic nitrogens is 3. The molecule has 23 heavy (non-hydrogen) atoms. The number of hydrogen-bond acceptors (Lipinski definition) is 3. The van der Waals surface area contributed by atoms with Crippen LogP contribution in [0.1, 0.15) is 25.1 Å². The molecule has 2 aromatic heterocycles. The van der Waals surface area contributed by atoms with Crippen molar-refractivity contribution >= 4 is 22.5 Å². The highest BCUT2D eigenvalue weighted by Crippen LogP contribution is 2.29. The van der Waals surface area contributed by atoms with Gasteiger partial charge in [0.25, 0.3) is 0 Å². The highest BCUT2D eigenvalue weighted by atomic mass is 15.2. The van der Waals surface area contributed by atoms with Gasteiger partial charge in [-0.25, -0.2) is 4.98 Å². The summed E-state index contributed by atoms with van der Waals surface area (Å²) in [5.41, 5.74) is 10.9. The summed E-state index contributed by atoms with van der Waals surface area (Å²) in [5, 5.41) is 0. The Bertz CT molecular complexity index is 846. The molecule has 4 N–H and O–H groups in total. The van der Waals surface area contributed by atoms with Gasteiger partial charge >= 0.3 is 0 Å². The number of nitrogens with two attached hydrogens (primary N) is 1. The molecule has 0 aliphatic carbocycles. The van der Waals surface area contributed by atoms with Crippen LogP contribution in [0.5, 0.6) is 0 Å². The number of benzene rings is 1. The Kier molecular flexibility index (Phi) is 3.41. The van der Waals surface area contributed by atoms with Crippen molar-refractivity contribution in [3.8, 4) is 11.3 Å². The normalized spacial score (nSPS) is 15.3. The maximum Gasteiger partial charge on any atom is 0.249 e. The van der Waals surface area contributed by atoms with Gasteiger partial charge in [-0.1, -0.05) is 12.1 Å². The summed E-state index contributed by atoms with van der Waals surface area (Å²) in [4.78, 5) is 14.1. The van der Waals surface area contributed by atoms with Crippen LogP contribution in [0, 0.1) is 6.92 Å². The molecule has 1 aliphatic rings. The molecular formula is C18H22N5+. The van der Waals surface area contributed by atoms with Crippen molar-refractivity contribution in [1.29, 1.82) is 0 Å². The van der Waals surface area contributed by atoms with E-state index < -0.39 is 0 Å². The SMILES string of the molecule is Cc1nc2cc(-c3cccc(N)c3)[nH]c2c(N2CCCCC2)[nH+]1. The standard InChI is InChI=1S/C18H21N5/c1-12-20-16-11-15(13-6-5-7-14(19)10-13)22-17(16)18(21-12)23-8-3-2-4-9-23/h5-7,10-11,22H,2-4,8-9,19H2,1H3/p+1. The third-order valence-electron chi connectivity index (χ3n) is 4.49. The number of aromatic amines is 2. The first-order valence-corrected chi connectivity index (χ1v) is 8.24. The molecule has 5 heteroatoms. The van der Waals surface area contributed by atoms with Gasteiger partial charge in [-0.15, -0.1) is 4.98 Å². The lowest BCUT2D eigenvalue weighted by molar-refractivity contribution is -0.377. The van der Waals surface area contributed by atoms with Crippen molar-refractivity contribution in [2.75, 3.05) is 23.7 Å². The number of aryl methyl sites for hydroxylation is 1. The van der Waals surface area contributed by atoms with Gasteiger partial charge in [0.05, 0.1) is 13.1 Å². The minimum Gasteiger partial charge on any atom is -0.399 e. The second-order valence-corrected chi connectivity index (χ2v) is 6.29. The van der Waals surface area contributed by atoms with Crippen LogP contribution in [0.3, 0.4) is 0 Å². The van der Waals surface area contributed by atoms with Gasteiger partial charge in [0.1, 0.15) is 0 Å². The monoisotopic (exact) mass is 308 g/mol. The van der Waals surface area contributed by atoms with Crippen molar-refractivity contribution < 1.29 is 4.98 Å². The van der Waals surface area contributed by atoms with E-state index in [1.165, 1.54) is 19.3 Å². The van der Waals surface area contributed by atoms with Crippen LogP contribution in [0.25, 0.3) is 22.3 Å². The predicted molar refractivity (Wildman–Crippen MR) is 93.3 cm³/mol. The van der Waals surface area contributed by atoms with Gasteiger partial charge in [-0.05, 0) is 31.4 Å². The summed E-state index contributed by atoms with van der Waals surface area (Å²) in [5.74, 6) is 2.10. The van der Waals surface area contributed by atoms with Crippen LogP contribution in [0.4, 0.5) is 11.5 Å². The molecule has 0 saturated carbocycles. The maximum absolute atomic E-state index is 5.92. The number of rotatable bonds is 2. The predicted octanol–water partition coefficient (Wildman–Crippen LogP) is 2.92. The Morgan fingerprint density at radius 3 is 2.78 bits per heavy atom. The van der Waals surface area contributed by atoms with E-state index in [1.54, 1.807) is 0 Å². The lowest BCUT2D eigenvalue weighted by atomic mass is 10.1. The molecule has 4 rings (SSSR count). The maximum atomic E-state index is 5.92. The van der Waals surface area contributed by atoms with E-state index in [4.69, 9.17) is 5.73 Å². The first-order valence-electron chi connectivity index (χ1n) is 8.24. The average Bonchev–Trinajstić information content (AvgIpc) is 2.99. The van der Waals surface area contributed by atoms with E-state index in [2.05, 4.69) is 32.0 Å². The Morgan fingerprint density at radius 2 is 2.00 bits per heavy atom. The van der Waals surface area contributed by atoms with Crippen LogP contribution >= 0.6 is 0 Å². The van der Waals surface area contributed by atoms with Gasteiger partial charge < -0.3 is 10.7 Å². The molecular weight excluding hydrogens is 286 g/mol. The van der Waals surface area contributed by atoms with E-state index in [-0.39, 0.29) is 0 Å². The quantitative estimate of drug-likeness (QED) is 0.715. The molecule has 1 saturated heterocycles. The fourth-order valence-electron chi connectivity index (χ4n) is 3.37. The van der Waals surface area contributed by atoms with E-state index in [1.807, 2.05) is 25.1 Å². The van der Waals surface area contributed by atoms with Crippen LogP contribution in [0.15, 0.2) is 30.3 Å². The van der Waals surface area contributed by atoms with Crippen molar-refractivity contribution in [3.63, 3.8) is 0 Å². The summed E-state index contributed by atoms with van der Waals surface area (Å²) in [6.07, 6.45) is 3.82. The van der Waals surface area contributed by atoms with E-state index in [9.17, 15) is 0 Å². The van der Waals surface area contributed by atoms with Crippen LogP contribution in [-0.2, 0) is 0 Å². The number of anilines is 2. The Hall–Kier alpha value is -2.56. The number of hydrogen-bond donors (Lipinski definition) is 2. The van der Waals surface area contributed by atoms with E-state index >= 15 is 0 Å². The molecule has 0 amide bonds. The van der Waals surface area contributed by atoms with Gasteiger partial charge in [0.15, 0.2) is 11.0 Å². The second kappa shape index (κ2) is 5.57. The highest BCUT2D eigenvalue weighted by Gasteiger charge is 2.23. The lowest BCUT2D eigenvalue weighted by Crippen LogP contribution is -2.35. The molecule has 0 atom stereocenters. The number of fused-ring (bicyclic) bond motifs is 1. The molecule has 5 nitrogen and oxygen atoms in total. The van der Waals surface area contributed by atoms with E-state index in [0.717, 1.165) is 52.7 Å². The molecule has 3 heterocycles. The zero-order valence-corrected chi connectivity index (χ0v) is 13.4. The topological polar surface area (TPSA) is 72.1 Å². The molecule has 0 unspecified atom stereocenters. The van der Waals surface area contributed by atoms with Crippen LogP contribution in [0.2, 0.25) is 0 Å². The third-order valence-corrected chi connectivity index (χ3v) is 4.49. The van der Waals surface area contributed by atoms with E-state index in [0.29, 0.717) is 0 Å². The fourth-order valence-corrected chi connectivity index (χ4v) is 3.37. The largest absolute Gasteiger partial charge is 0.399 e. The Morgan fingerprint density at radius 1 is 1.17 bits per heavy atom. The first kappa shape index (κ1) is 14.1. The zero-order valence-electron chi connectivity index (χ0n) is 13.4. The number of H-pyrrole nitrogens is 2. The van der Waals surface area contributed by atoms with Crippen LogP contribution < -0.4 is 15.6 Å². The van der Waals surface area contributed by atoms with Gasteiger partial charge in [-0.2, -0.15) is 0 Å². The van der Waals surface area contributed by atoms with Crippen molar-refractivity contribution in [2.24, 2.45) is 0 Å². The summed E-state index contributed by atoms with van der Waals surface area (Å²) in [7, 11) is 0. The smallest absolute Gasteiger partial charge is 0.249 e. The zero-order chi connectivity index (χ0) is 15.8. The molecule has 118 valence electrons. The third kappa shape index (κ3) is 2.63. The Labute approximate surface area is 135 Å². The second-order valence-electron chi connectivity index (χ2n) is 6.29. The molecule has 0 spiro atoms. The van der Waals surface area contributed by atoms with Gasteiger partial charge in [0, 0.05) is 29.9 Å². The highest BCUT2D eigenvalue weighted by molar-refractivity contribution is 5.89. The molecule has 0 radical (unpaired) electrons. The summed E-state index contributed by atoms with van der Waals surface area (Å²) < 4.78 is 0. The van der Waals surface area contributed by atoms with Gasteiger partial charge in [-0.3, -0.25) is 4.90 Å². The van der Waals surface area contributed by atoms with Gasteiger partial charge in [0.2, 0.25) is 11.6 Å². The molecule has 0 bridgehead atoms. The summed E-state index contributed by atoms with van der Waals surface area (Å²) in [6, 6.07) is 10.0. The first-order chi connectivity index (χ1) is 11.2. The summed E-state index contributed by atoms with van der Waals surface area (Å²) in [6.45, 7) is 4.21. The number of nitrogen functional groups attached to an aromatic ring is 1. The summed E-state index contributed by atoms with van der Waals surface area (Å²) >= 11 is 0. The molecule has 3 aromatic rings. The number of nitrogens with one attached hydrogen (secondary N) is 2. The minimum absolute atomic E-state index is 0.771. The van der Waals surface area contributed by atoms with Crippen molar-refractivity contribution in [1.82, 2.24) is 9.97 Å². The average molecular weight is 308 g/mol. The van der Waals surface area contributed by atoms with Crippen molar-refractivity contribution in [2.45, 2.75) is 26.2 Å². The molecule has 1 aliphatic heterocycles.